The average Bonchev–Trinajstić information content (AvgIpc) is 2.79. The Morgan fingerprint density at radius 2 is 2.07 bits per heavy atom. The molecule has 2 aromatic rings. The number of benzene rings is 1. The average molecular weight is 384 g/mol. The molecule has 1 aromatic carbocycles. The van der Waals surface area contributed by atoms with Crippen LogP contribution in [0.15, 0.2) is 41.3 Å². The predicted molar refractivity (Wildman–Crippen MR) is 110 cm³/mol. The zero-order valence-electron chi connectivity index (χ0n) is 15.9. The van der Waals surface area contributed by atoms with E-state index in [-0.39, 0.29) is 11.9 Å². The molecule has 0 radical (unpaired) electrons. The van der Waals surface area contributed by atoms with E-state index >= 15 is 0 Å². The molecule has 1 atom stereocenters. The van der Waals surface area contributed by atoms with Gasteiger partial charge in [0.15, 0.2) is 0 Å². The van der Waals surface area contributed by atoms with E-state index in [2.05, 4.69) is 35.9 Å². The van der Waals surface area contributed by atoms with Gasteiger partial charge in [0.1, 0.15) is 11.7 Å². The number of amidine groups is 1. The minimum Gasteiger partial charge on any atom is -0.301 e. The van der Waals surface area contributed by atoms with Crippen molar-refractivity contribution in [1.82, 2.24) is 4.98 Å². The van der Waals surface area contributed by atoms with Crippen molar-refractivity contribution in [2.75, 3.05) is 4.90 Å². The van der Waals surface area contributed by atoms with Crippen molar-refractivity contribution in [3.63, 3.8) is 0 Å². The lowest BCUT2D eigenvalue weighted by Crippen LogP contribution is -2.34. The van der Waals surface area contributed by atoms with Gasteiger partial charge in [-0.05, 0) is 61.9 Å². The maximum Gasteiger partial charge on any atom is 0.145 e. The Balaban J connectivity index is 1.87. The van der Waals surface area contributed by atoms with E-state index < -0.39 is 0 Å². The van der Waals surface area contributed by atoms with Crippen LogP contribution in [0, 0.1) is 5.82 Å². The van der Waals surface area contributed by atoms with Crippen LogP contribution in [0.5, 0.6) is 0 Å². The Hall–Kier alpha value is -2.20. The third-order valence-electron chi connectivity index (χ3n) is 5.39. The van der Waals surface area contributed by atoms with Crippen LogP contribution in [-0.2, 0) is 12.8 Å². The zero-order valence-corrected chi connectivity index (χ0v) is 16.6. The molecule has 0 saturated carbocycles. The van der Waals surface area contributed by atoms with Gasteiger partial charge in [-0.25, -0.2) is 4.39 Å². The number of pyridine rings is 1. The second kappa shape index (κ2) is 7.08. The molecular formula is C22H23ClFN3. The molecule has 4 rings (SSSR count). The summed E-state index contributed by atoms with van der Waals surface area (Å²) < 4.78 is 14.2. The lowest BCUT2D eigenvalue weighted by atomic mass is 9.93. The fourth-order valence-corrected chi connectivity index (χ4v) is 4.37. The van der Waals surface area contributed by atoms with Crippen LogP contribution in [0.2, 0.25) is 5.02 Å². The van der Waals surface area contributed by atoms with Gasteiger partial charge < -0.3 is 4.90 Å². The summed E-state index contributed by atoms with van der Waals surface area (Å²) in [7, 11) is 0. The summed E-state index contributed by atoms with van der Waals surface area (Å²) in [4.78, 5) is 11.1. The molecule has 2 aliphatic rings. The molecule has 0 bridgehead atoms. The van der Waals surface area contributed by atoms with Gasteiger partial charge in [0.05, 0.1) is 22.9 Å². The van der Waals surface area contributed by atoms with Gasteiger partial charge in [0, 0.05) is 23.9 Å². The fourth-order valence-electron chi connectivity index (χ4n) is 4.05. The van der Waals surface area contributed by atoms with Crippen molar-refractivity contribution in [1.29, 1.82) is 0 Å². The number of nitrogens with zero attached hydrogens (tertiary/aromatic N) is 3. The highest BCUT2D eigenvalue weighted by molar-refractivity contribution is 6.34. The minimum atomic E-state index is -0.265. The van der Waals surface area contributed by atoms with Crippen molar-refractivity contribution >= 4 is 23.1 Å². The van der Waals surface area contributed by atoms with E-state index in [0.717, 1.165) is 47.6 Å². The van der Waals surface area contributed by atoms with E-state index in [4.69, 9.17) is 16.6 Å². The standard InChI is InChI=1S/C22H23ClFN3/c1-4-17-18(11-25-12-20(17)24)16-9-15-7-8-21-26-13(2)5-6-14(3)27(21)22(15)19(23)10-16/h6,9-13H,4-5,7-8H2,1-3H3. The molecule has 3 heterocycles. The highest BCUT2D eigenvalue weighted by Gasteiger charge is 2.29. The first-order valence-electron chi connectivity index (χ1n) is 9.48. The molecular weight excluding hydrogens is 361 g/mol. The van der Waals surface area contributed by atoms with Crippen LogP contribution < -0.4 is 4.90 Å². The lowest BCUT2D eigenvalue weighted by molar-refractivity contribution is 0.606. The monoisotopic (exact) mass is 383 g/mol. The van der Waals surface area contributed by atoms with Gasteiger partial charge >= 0.3 is 0 Å². The maximum atomic E-state index is 14.2. The summed E-state index contributed by atoms with van der Waals surface area (Å²) in [5.74, 6) is 0.816. The Morgan fingerprint density at radius 3 is 2.85 bits per heavy atom. The number of aromatic nitrogens is 1. The summed E-state index contributed by atoms with van der Waals surface area (Å²) in [6, 6.07) is 4.35. The van der Waals surface area contributed by atoms with Gasteiger partial charge in [0.2, 0.25) is 0 Å². The number of rotatable bonds is 2. The molecule has 0 saturated heterocycles. The van der Waals surface area contributed by atoms with Crippen LogP contribution in [0.25, 0.3) is 11.1 Å². The summed E-state index contributed by atoms with van der Waals surface area (Å²) >= 11 is 6.77. The van der Waals surface area contributed by atoms with Crippen LogP contribution in [-0.4, -0.2) is 16.9 Å². The smallest absolute Gasteiger partial charge is 0.145 e. The molecule has 5 heteroatoms. The van der Waals surface area contributed by atoms with Gasteiger partial charge in [-0.15, -0.1) is 0 Å². The summed E-state index contributed by atoms with van der Waals surface area (Å²) in [6.07, 6.45) is 8.54. The molecule has 0 fully saturated rings. The molecule has 140 valence electrons. The molecule has 3 nitrogen and oxygen atoms in total. The summed E-state index contributed by atoms with van der Waals surface area (Å²) in [5, 5.41) is 0.670. The van der Waals surface area contributed by atoms with Crippen LogP contribution >= 0.6 is 11.6 Å². The van der Waals surface area contributed by atoms with Gasteiger partial charge in [0.25, 0.3) is 0 Å². The van der Waals surface area contributed by atoms with E-state index in [1.807, 2.05) is 13.0 Å². The summed E-state index contributed by atoms with van der Waals surface area (Å²) in [5.41, 5.74) is 5.76. The van der Waals surface area contributed by atoms with E-state index in [0.29, 0.717) is 17.0 Å². The second-order valence-corrected chi connectivity index (χ2v) is 7.68. The zero-order chi connectivity index (χ0) is 19.1. The van der Waals surface area contributed by atoms with E-state index in [1.54, 1.807) is 6.20 Å². The van der Waals surface area contributed by atoms with Crippen LogP contribution in [0.3, 0.4) is 0 Å². The molecule has 1 aromatic heterocycles. The van der Waals surface area contributed by atoms with E-state index in [9.17, 15) is 4.39 Å². The third kappa shape index (κ3) is 3.16. The molecule has 0 aliphatic carbocycles. The molecule has 0 amide bonds. The number of aliphatic imine (C=N–C) groups is 1. The molecule has 27 heavy (non-hydrogen) atoms. The third-order valence-corrected chi connectivity index (χ3v) is 5.68. The number of aryl methyl sites for hydroxylation is 1. The number of halogens is 2. The fraction of sp³-hybridized carbons (Fsp3) is 0.364. The predicted octanol–water partition coefficient (Wildman–Crippen LogP) is 5.95. The quantitative estimate of drug-likeness (QED) is 0.641. The first-order chi connectivity index (χ1) is 13.0. The van der Waals surface area contributed by atoms with E-state index in [1.165, 1.54) is 11.8 Å². The second-order valence-electron chi connectivity index (χ2n) is 7.28. The van der Waals surface area contributed by atoms with Gasteiger partial charge in [-0.1, -0.05) is 24.6 Å². The topological polar surface area (TPSA) is 28.5 Å². The van der Waals surface area contributed by atoms with Crippen LogP contribution in [0.1, 0.15) is 44.7 Å². The lowest BCUT2D eigenvalue weighted by Gasteiger charge is -2.34. The molecule has 2 aliphatic heterocycles. The van der Waals surface area contributed by atoms with Crippen LogP contribution in [0.4, 0.5) is 10.1 Å². The van der Waals surface area contributed by atoms with Gasteiger partial charge in [-0.3, -0.25) is 9.98 Å². The number of fused-ring (bicyclic) bond motifs is 3. The first kappa shape index (κ1) is 18.2. The van der Waals surface area contributed by atoms with Crippen molar-refractivity contribution in [2.45, 2.75) is 52.5 Å². The largest absolute Gasteiger partial charge is 0.301 e. The Bertz CT molecular complexity index is 964. The number of hydrogen-bond donors (Lipinski definition) is 0. The Morgan fingerprint density at radius 1 is 1.26 bits per heavy atom. The molecule has 1 unspecified atom stereocenters. The van der Waals surface area contributed by atoms with Crippen molar-refractivity contribution in [3.8, 4) is 11.1 Å². The highest BCUT2D eigenvalue weighted by Crippen LogP contribution is 2.42. The molecule has 0 spiro atoms. The van der Waals surface area contributed by atoms with Crippen molar-refractivity contribution in [2.24, 2.45) is 4.99 Å². The Kier molecular flexibility index (Phi) is 4.77. The number of allylic oxidation sites excluding steroid dienone is 1. The maximum absolute atomic E-state index is 14.2. The number of hydrogen-bond acceptors (Lipinski definition) is 3. The SMILES string of the molecule is CCc1c(F)cncc1-c1cc(Cl)c2c(c1)CCC1=NC(C)CC=C(C)N12. The van der Waals surface area contributed by atoms with Crippen molar-refractivity contribution in [3.05, 3.63) is 58.3 Å². The van der Waals surface area contributed by atoms with Crippen molar-refractivity contribution < 1.29 is 4.39 Å². The first-order valence-corrected chi connectivity index (χ1v) is 9.86. The minimum absolute atomic E-state index is 0.265. The Labute approximate surface area is 164 Å². The highest BCUT2D eigenvalue weighted by atomic mass is 35.5. The normalized spacial score (nSPS) is 19.0. The molecule has 0 N–H and O–H groups in total. The summed E-state index contributed by atoms with van der Waals surface area (Å²) in [6.45, 7) is 6.21. The van der Waals surface area contributed by atoms with Gasteiger partial charge in [-0.2, -0.15) is 0 Å². The number of anilines is 1.